The third-order valence-corrected chi connectivity index (χ3v) is 0. The van der Waals surface area contributed by atoms with Gasteiger partial charge in [0.15, 0.2) is 0 Å². The van der Waals surface area contributed by atoms with Gasteiger partial charge in [0.05, 0.1) is 0 Å². The van der Waals surface area contributed by atoms with Gasteiger partial charge in [0.1, 0.15) is 0 Å². The molecule has 0 amide bonds. The van der Waals surface area contributed by atoms with E-state index >= 15 is 0 Å². The van der Waals surface area contributed by atoms with Crippen molar-refractivity contribution in [1.82, 2.24) is 0 Å². The Hall–Kier alpha value is 0.876. The van der Waals surface area contributed by atoms with Crippen molar-refractivity contribution in [1.29, 1.82) is 0 Å². The fraction of sp³-hybridized carbons (Fsp3) is 0. The van der Waals surface area contributed by atoms with E-state index in [1.54, 1.807) is 0 Å². The molecule has 0 aromatic heterocycles. The van der Waals surface area contributed by atoms with E-state index in [0.717, 1.165) is 0 Å². The summed E-state index contributed by atoms with van der Waals surface area (Å²) in [4.78, 5) is 0. The Morgan fingerprint density at radius 3 is 0.455 bits per heavy atom. The van der Waals surface area contributed by atoms with Crippen molar-refractivity contribution >= 4 is 24.4 Å². The van der Waals surface area contributed by atoms with Gasteiger partial charge in [-0.2, -0.15) is 0 Å². The molecule has 6 N–H and O–H groups in total. The van der Waals surface area contributed by atoms with E-state index in [9.17, 15) is 0 Å². The number of rotatable bonds is 0. The summed E-state index contributed by atoms with van der Waals surface area (Å²) in [7, 11) is 0. The maximum Gasteiger partial charge on any atom is 1.00 e. The maximum atomic E-state index is 0. The predicted molar refractivity (Wildman–Crippen MR) is 32.7 cm³/mol. The first-order chi connectivity index (χ1) is 0. The van der Waals surface area contributed by atoms with E-state index in [1.807, 2.05) is 0 Å². The molecule has 0 rings (SSSR count). The molecule has 0 aliphatic rings. The van der Waals surface area contributed by atoms with Crippen molar-refractivity contribution in [2.24, 2.45) is 0 Å². The zero-order chi connectivity index (χ0) is 0. The van der Waals surface area contributed by atoms with Crippen LogP contribution in [-0.2, 0) is 0 Å². The number of hydrogen-bond donors (Lipinski definition) is 0. The summed E-state index contributed by atoms with van der Waals surface area (Å²) < 4.78 is 0. The van der Waals surface area contributed by atoms with Crippen LogP contribution in [0, 0.1) is 0 Å². The summed E-state index contributed by atoms with van der Waals surface area (Å²) in [6, 6.07) is 0. The minimum atomic E-state index is 0. The van der Waals surface area contributed by atoms with Crippen LogP contribution in [0.1, 0.15) is 1.43 Å². The second-order valence-electron chi connectivity index (χ2n) is 0. The molecule has 0 bridgehead atoms. The Kier molecular flexibility index (Phi) is 230000. The van der Waals surface area contributed by atoms with E-state index < -0.39 is 0 Å². The molecule has 0 saturated carbocycles. The summed E-state index contributed by atoms with van der Waals surface area (Å²) in [6.07, 6.45) is 0. The van der Waals surface area contributed by atoms with Crippen LogP contribution in [0.15, 0.2) is 0 Å². The minimum absolute atomic E-state index is 0. The third-order valence-electron chi connectivity index (χ3n) is 0. The first kappa shape index (κ1) is 1830. The van der Waals surface area contributed by atoms with Gasteiger partial charge in [0.2, 0.25) is 0 Å². The molecule has 0 aliphatic carbocycles. The van der Waals surface area contributed by atoms with Crippen LogP contribution >= 0.6 is 0 Å². The molecule has 0 spiro atoms. The Labute approximate surface area is 89.5 Å². The smallest absolute Gasteiger partial charge is 1.00 e. The average Bonchev–Trinajstić information content (AvgIpc) is 0. The molecule has 0 saturated heterocycles. The van der Waals surface area contributed by atoms with Gasteiger partial charge in [-0.05, 0) is 0 Å². The second kappa shape index (κ2) is 1380. The fourth-order valence-electron chi connectivity index (χ4n) is 0. The quantitative estimate of drug-likeness (QED) is 0.317. The van der Waals surface area contributed by atoms with E-state index in [2.05, 4.69) is 0 Å². The van der Waals surface area contributed by atoms with Gasteiger partial charge in [0, 0.05) is 24.4 Å². The Morgan fingerprint density at radius 1 is 0.455 bits per heavy atom. The molecule has 3 radical (unpaired) electrons. The van der Waals surface area contributed by atoms with Gasteiger partial charge < -0.3 is 17.9 Å². The van der Waals surface area contributed by atoms with Gasteiger partial charge >= 0.3 is 18.9 Å². The molecule has 0 unspecified atom stereocenters. The zero-order valence-electron chi connectivity index (χ0n) is 6.40. The summed E-state index contributed by atoms with van der Waals surface area (Å²) in [5, 5.41) is 0. The van der Waals surface area contributed by atoms with E-state index in [-0.39, 0.29) is 89.4 Å². The molecular weight excluding hydrogens is 291 g/mol. The van der Waals surface area contributed by atoms with Crippen molar-refractivity contribution < 1.29 is 64.9 Å². The van der Waals surface area contributed by atoms with Crippen LogP contribution < -0.4 is 18.9 Å². The monoisotopic (exact) mass is 303 g/mol. The zero-order valence-corrected chi connectivity index (χ0v) is 7.95. The van der Waals surface area contributed by atoms with Crippen molar-refractivity contribution in [3.63, 3.8) is 0 Å². The molecule has 0 aromatic rings. The third kappa shape index (κ3) is 1120. The first-order valence-corrected chi connectivity index (χ1v) is 0. The van der Waals surface area contributed by atoms with E-state index in [4.69, 9.17) is 0 Å². The molecule has 11 heteroatoms. The Balaban J connectivity index is 0. The van der Waals surface area contributed by atoms with Crippen LogP contribution in [0.5, 0.6) is 0 Å². The number of hydrogen-bond acceptors (Lipinski definition) is 0. The average molecular weight is 304 g/mol. The molecule has 3 nitrogen and oxygen atoms in total. The SMILES string of the molecule is F.F.F.F.F.F.O.O.O.[H-].[Li+].[Sb]. The van der Waals surface area contributed by atoms with Gasteiger partial charge in [-0.15, -0.1) is 0 Å². The summed E-state index contributed by atoms with van der Waals surface area (Å²) in [5.74, 6) is 0. The molecule has 0 atom stereocenters. The van der Waals surface area contributed by atoms with Gasteiger partial charge in [-0.3, -0.25) is 28.2 Å². The summed E-state index contributed by atoms with van der Waals surface area (Å²) in [5.41, 5.74) is 0. The topological polar surface area (TPSA) is 94.5 Å². The molecule has 0 aromatic carbocycles. The van der Waals surface area contributed by atoms with Crippen molar-refractivity contribution in [3.8, 4) is 0 Å². The summed E-state index contributed by atoms with van der Waals surface area (Å²) in [6.45, 7) is 0. The van der Waals surface area contributed by atoms with E-state index in [1.165, 1.54) is 0 Å². The first-order valence-electron chi connectivity index (χ1n) is 0. The van der Waals surface area contributed by atoms with Crippen LogP contribution in [-0.4, -0.2) is 40.9 Å². The Bertz CT molecular complexity index is 22.8. The summed E-state index contributed by atoms with van der Waals surface area (Å²) >= 11 is 0. The van der Waals surface area contributed by atoms with Crippen LogP contribution in [0.3, 0.4) is 0 Å². The molecular formula is H13F6LiO3Sb. The fourth-order valence-corrected chi connectivity index (χ4v) is 0. The largest absolute Gasteiger partial charge is 1.00 e. The molecule has 79 valence electrons. The Morgan fingerprint density at radius 2 is 0.455 bits per heavy atom. The number of halogens is 6. The minimum Gasteiger partial charge on any atom is -1.00 e. The van der Waals surface area contributed by atoms with Crippen LogP contribution in [0.25, 0.3) is 0 Å². The molecule has 0 fully saturated rings. The second-order valence-corrected chi connectivity index (χ2v) is 0. The van der Waals surface area contributed by atoms with Gasteiger partial charge in [-0.25, -0.2) is 0 Å². The van der Waals surface area contributed by atoms with Crippen molar-refractivity contribution in [2.75, 3.05) is 0 Å². The molecule has 0 heterocycles. The van der Waals surface area contributed by atoms with Gasteiger partial charge in [0.25, 0.3) is 0 Å². The van der Waals surface area contributed by atoms with Gasteiger partial charge in [-0.1, -0.05) is 0 Å². The van der Waals surface area contributed by atoms with Crippen molar-refractivity contribution in [2.45, 2.75) is 0 Å². The molecule has 0 aliphatic heterocycles. The van der Waals surface area contributed by atoms with Crippen LogP contribution in [0.2, 0.25) is 0 Å². The normalized spacial score (nSPS) is 0. The van der Waals surface area contributed by atoms with E-state index in [0.29, 0.717) is 0 Å². The standard InChI is InChI=1S/6FH.Li.3H2O.Sb.H/h6*1H;;3*1H2;;/q;;;;;;+1;;;;;-1. The van der Waals surface area contributed by atoms with Crippen molar-refractivity contribution in [3.05, 3.63) is 0 Å². The predicted octanol–water partition coefficient (Wildman–Crippen LogP) is -4.82. The molecule has 11 heavy (non-hydrogen) atoms. The van der Waals surface area contributed by atoms with Crippen LogP contribution in [0.4, 0.5) is 28.2 Å². The maximum absolute atomic E-state index is 0.